The molecule has 1 aromatic carbocycles. The third-order valence-corrected chi connectivity index (χ3v) is 3.16. The Balaban J connectivity index is 1.96. The van der Waals surface area contributed by atoms with Gasteiger partial charge >= 0.3 is 0 Å². The van der Waals surface area contributed by atoms with Crippen molar-refractivity contribution >= 4 is 5.91 Å². The topological polar surface area (TPSA) is 38.3 Å². The van der Waals surface area contributed by atoms with E-state index in [-0.39, 0.29) is 18.1 Å². The summed E-state index contributed by atoms with van der Waals surface area (Å²) in [4.78, 5) is 12.0. The molecule has 2 unspecified atom stereocenters. The lowest BCUT2D eigenvalue weighted by atomic mass is 10.1. The molecule has 2 rings (SSSR count). The highest BCUT2D eigenvalue weighted by Gasteiger charge is 2.23. The van der Waals surface area contributed by atoms with Crippen molar-refractivity contribution in [2.75, 3.05) is 6.61 Å². The van der Waals surface area contributed by atoms with E-state index in [9.17, 15) is 4.79 Å². The Morgan fingerprint density at radius 1 is 1.53 bits per heavy atom. The van der Waals surface area contributed by atoms with Crippen molar-refractivity contribution in [1.82, 2.24) is 5.32 Å². The van der Waals surface area contributed by atoms with Crippen LogP contribution in [0.2, 0.25) is 0 Å². The van der Waals surface area contributed by atoms with Crippen LogP contribution in [-0.4, -0.2) is 24.7 Å². The molecule has 3 nitrogen and oxygen atoms in total. The van der Waals surface area contributed by atoms with E-state index in [1.54, 1.807) is 0 Å². The first-order valence-electron chi connectivity index (χ1n) is 6.16. The number of benzene rings is 1. The molecule has 1 saturated heterocycles. The lowest BCUT2D eigenvalue weighted by Crippen LogP contribution is -2.40. The normalized spacial score (nSPS) is 21.2. The van der Waals surface area contributed by atoms with Crippen LogP contribution in [0, 0.1) is 6.92 Å². The molecule has 0 spiro atoms. The molecule has 0 aliphatic carbocycles. The quantitative estimate of drug-likeness (QED) is 0.870. The number of carbonyl (C=O) groups excluding carboxylic acids is 1. The van der Waals surface area contributed by atoms with Gasteiger partial charge in [0.1, 0.15) is 0 Å². The molecule has 0 aromatic heterocycles. The minimum atomic E-state index is -0.0169. The predicted octanol–water partition coefficient (Wildman–Crippen LogP) is 2.29. The molecule has 1 aromatic rings. The molecule has 1 aliphatic rings. The van der Waals surface area contributed by atoms with E-state index in [4.69, 9.17) is 4.74 Å². The van der Waals surface area contributed by atoms with Gasteiger partial charge in [-0.25, -0.2) is 0 Å². The highest BCUT2D eigenvalue weighted by Crippen LogP contribution is 2.15. The first-order valence-corrected chi connectivity index (χ1v) is 6.16. The number of amides is 1. The summed E-state index contributed by atoms with van der Waals surface area (Å²) < 4.78 is 5.56. The minimum absolute atomic E-state index is 0.0169. The predicted molar refractivity (Wildman–Crippen MR) is 67.1 cm³/mol. The van der Waals surface area contributed by atoms with Gasteiger partial charge in [-0.1, -0.05) is 17.7 Å². The van der Waals surface area contributed by atoms with Crippen LogP contribution in [0.15, 0.2) is 24.3 Å². The Hall–Kier alpha value is -1.35. The second-order valence-electron chi connectivity index (χ2n) is 4.68. The second-order valence-corrected chi connectivity index (χ2v) is 4.68. The minimum Gasteiger partial charge on any atom is -0.376 e. The van der Waals surface area contributed by atoms with E-state index in [0.29, 0.717) is 0 Å². The Kier molecular flexibility index (Phi) is 3.79. The van der Waals surface area contributed by atoms with Gasteiger partial charge in [0.15, 0.2) is 0 Å². The lowest BCUT2D eigenvalue weighted by Gasteiger charge is -2.20. The number of aryl methyl sites for hydroxylation is 1. The van der Waals surface area contributed by atoms with Crippen molar-refractivity contribution in [3.8, 4) is 0 Å². The summed E-state index contributed by atoms with van der Waals surface area (Å²) >= 11 is 0. The zero-order chi connectivity index (χ0) is 12.3. The van der Waals surface area contributed by atoms with Crippen molar-refractivity contribution in [3.05, 3.63) is 35.4 Å². The van der Waals surface area contributed by atoms with Gasteiger partial charge in [0, 0.05) is 12.2 Å². The zero-order valence-corrected chi connectivity index (χ0v) is 10.4. The fourth-order valence-electron chi connectivity index (χ4n) is 2.17. The third-order valence-electron chi connectivity index (χ3n) is 3.16. The summed E-state index contributed by atoms with van der Waals surface area (Å²) in [7, 11) is 0. The first kappa shape index (κ1) is 12.1. The molecular formula is C14H19NO2. The Labute approximate surface area is 102 Å². The number of hydrogen-bond acceptors (Lipinski definition) is 2. The number of hydrogen-bond donors (Lipinski definition) is 1. The molecule has 2 atom stereocenters. The number of nitrogens with one attached hydrogen (secondary N) is 1. The van der Waals surface area contributed by atoms with Gasteiger partial charge in [-0.05, 0) is 38.8 Å². The zero-order valence-electron chi connectivity index (χ0n) is 10.4. The van der Waals surface area contributed by atoms with Gasteiger partial charge in [0.2, 0.25) is 0 Å². The maximum Gasteiger partial charge on any atom is 0.251 e. The Bertz CT molecular complexity index is 397. The monoisotopic (exact) mass is 233 g/mol. The maximum atomic E-state index is 12.0. The first-order chi connectivity index (χ1) is 8.16. The van der Waals surface area contributed by atoms with E-state index >= 15 is 0 Å². The van der Waals surface area contributed by atoms with Crippen LogP contribution in [0.3, 0.4) is 0 Å². The summed E-state index contributed by atoms with van der Waals surface area (Å²) in [5, 5.41) is 3.00. The fraction of sp³-hybridized carbons (Fsp3) is 0.500. The molecule has 1 N–H and O–H groups in total. The summed E-state index contributed by atoms with van der Waals surface area (Å²) in [6, 6.07) is 7.70. The molecule has 0 saturated carbocycles. The van der Waals surface area contributed by atoms with Crippen LogP contribution < -0.4 is 5.32 Å². The van der Waals surface area contributed by atoms with Crippen molar-refractivity contribution < 1.29 is 9.53 Å². The van der Waals surface area contributed by atoms with Gasteiger partial charge in [-0.15, -0.1) is 0 Å². The van der Waals surface area contributed by atoms with Gasteiger partial charge in [0.05, 0.1) is 12.1 Å². The molecule has 0 bridgehead atoms. The van der Waals surface area contributed by atoms with Crippen LogP contribution in [-0.2, 0) is 4.74 Å². The Morgan fingerprint density at radius 2 is 2.35 bits per heavy atom. The van der Waals surface area contributed by atoms with Gasteiger partial charge in [-0.2, -0.15) is 0 Å². The molecule has 1 amide bonds. The molecule has 0 radical (unpaired) electrons. The molecule has 92 valence electrons. The number of ether oxygens (including phenoxy) is 1. The number of rotatable bonds is 3. The van der Waals surface area contributed by atoms with Crippen LogP contribution in [0.25, 0.3) is 0 Å². The smallest absolute Gasteiger partial charge is 0.251 e. The highest BCUT2D eigenvalue weighted by molar-refractivity contribution is 5.94. The Morgan fingerprint density at radius 3 is 3.00 bits per heavy atom. The summed E-state index contributed by atoms with van der Waals surface area (Å²) in [6.07, 6.45) is 2.30. The van der Waals surface area contributed by atoms with Crippen molar-refractivity contribution in [3.63, 3.8) is 0 Å². The van der Waals surface area contributed by atoms with Gasteiger partial charge < -0.3 is 10.1 Å². The third kappa shape index (κ3) is 3.07. The average molecular weight is 233 g/mol. The van der Waals surface area contributed by atoms with Crippen molar-refractivity contribution in [2.45, 2.75) is 38.8 Å². The van der Waals surface area contributed by atoms with Crippen molar-refractivity contribution in [2.24, 2.45) is 0 Å². The van der Waals surface area contributed by atoms with Crippen LogP contribution in [0.1, 0.15) is 35.7 Å². The molecule has 1 fully saturated rings. The van der Waals surface area contributed by atoms with Crippen LogP contribution in [0.4, 0.5) is 0 Å². The highest BCUT2D eigenvalue weighted by atomic mass is 16.5. The second kappa shape index (κ2) is 5.32. The summed E-state index contributed by atoms with van der Waals surface area (Å²) in [5.74, 6) is -0.0169. The van der Waals surface area contributed by atoms with E-state index in [1.807, 2.05) is 38.1 Å². The standard InChI is InChI=1S/C14H19NO2/c1-10-5-3-6-12(9-10)14(16)15-11(2)13-7-4-8-17-13/h3,5-6,9,11,13H,4,7-8H2,1-2H3,(H,15,16). The summed E-state index contributed by atoms with van der Waals surface area (Å²) in [6.45, 7) is 4.80. The van der Waals surface area contributed by atoms with E-state index in [2.05, 4.69) is 5.32 Å². The lowest BCUT2D eigenvalue weighted by molar-refractivity contribution is 0.0712. The maximum absolute atomic E-state index is 12.0. The molecule has 17 heavy (non-hydrogen) atoms. The van der Waals surface area contributed by atoms with Gasteiger partial charge in [0.25, 0.3) is 5.91 Å². The van der Waals surface area contributed by atoms with Crippen LogP contribution >= 0.6 is 0 Å². The van der Waals surface area contributed by atoms with E-state index < -0.39 is 0 Å². The molecule has 1 aliphatic heterocycles. The fourth-order valence-corrected chi connectivity index (χ4v) is 2.17. The largest absolute Gasteiger partial charge is 0.376 e. The van der Waals surface area contributed by atoms with E-state index in [0.717, 1.165) is 30.6 Å². The van der Waals surface area contributed by atoms with Gasteiger partial charge in [-0.3, -0.25) is 4.79 Å². The number of carbonyl (C=O) groups is 1. The molecular weight excluding hydrogens is 214 g/mol. The molecule has 1 heterocycles. The average Bonchev–Trinajstić information content (AvgIpc) is 2.82. The van der Waals surface area contributed by atoms with Crippen molar-refractivity contribution in [1.29, 1.82) is 0 Å². The summed E-state index contributed by atoms with van der Waals surface area (Å²) in [5.41, 5.74) is 1.82. The van der Waals surface area contributed by atoms with E-state index in [1.165, 1.54) is 0 Å². The van der Waals surface area contributed by atoms with Crippen LogP contribution in [0.5, 0.6) is 0 Å². The SMILES string of the molecule is Cc1cccc(C(=O)NC(C)C2CCCO2)c1. The molecule has 3 heteroatoms.